The van der Waals surface area contributed by atoms with Crippen molar-refractivity contribution < 1.29 is 9.47 Å². The molecule has 1 rings (SSSR count). The van der Waals surface area contributed by atoms with Crippen LogP contribution in [0.4, 0.5) is 0 Å². The van der Waals surface area contributed by atoms with Crippen LogP contribution in [0.25, 0.3) is 0 Å². The van der Waals surface area contributed by atoms with Crippen LogP contribution >= 0.6 is 11.6 Å². The number of nitrogens with one attached hydrogen (secondary N) is 1. The molecule has 0 spiro atoms. The Balaban J connectivity index is 3.06. The monoisotopic (exact) mass is 271 g/mol. The fraction of sp³-hybridized carbons (Fsp3) is 0.571. The first-order valence-corrected chi connectivity index (χ1v) is 6.70. The van der Waals surface area contributed by atoms with Crippen LogP contribution in [0.5, 0.6) is 5.75 Å². The van der Waals surface area contributed by atoms with Crippen LogP contribution in [0.1, 0.15) is 32.4 Å². The van der Waals surface area contributed by atoms with Crippen molar-refractivity contribution >= 4 is 11.6 Å². The first-order valence-electron chi connectivity index (χ1n) is 6.32. The number of rotatable bonds is 7. The summed E-state index contributed by atoms with van der Waals surface area (Å²) in [5.41, 5.74) is 1.04. The van der Waals surface area contributed by atoms with Gasteiger partial charge in [0.05, 0.1) is 19.3 Å². The Kier molecular flexibility index (Phi) is 6.47. The maximum atomic E-state index is 6.08. The van der Waals surface area contributed by atoms with Gasteiger partial charge in [-0.15, -0.1) is 0 Å². The Morgan fingerprint density at radius 2 is 2.06 bits per heavy atom. The minimum absolute atomic E-state index is 0.0577. The molecule has 0 bridgehead atoms. The summed E-state index contributed by atoms with van der Waals surface area (Å²) in [6.45, 7) is 7.66. The second-order valence-corrected chi connectivity index (χ2v) is 4.52. The number of likely N-dealkylation sites (N-methyl/N-ethyl adjacent to an activating group) is 1. The van der Waals surface area contributed by atoms with Gasteiger partial charge in [-0.3, -0.25) is 0 Å². The van der Waals surface area contributed by atoms with Gasteiger partial charge in [-0.05, 0) is 38.6 Å². The van der Waals surface area contributed by atoms with E-state index in [1.165, 1.54) is 0 Å². The van der Waals surface area contributed by atoms with Gasteiger partial charge < -0.3 is 14.8 Å². The van der Waals surface area contributed by atoms with E-state index < -0.39 is 0 Å². The summed E-state index contributed by atoms with van der Waals surface area (Å²) in [5, 5.41) is 4.13. The maximum Gasteiger partial charge on any atom is 0.123 e. The molecule has 102 valence electrons. The van der Waals surface area contributed by atoms with Crippen LogP contribution in [0.15, 0.2) is 18.2 Å². The van der Waals surface area contributed by atoms with E-state index in [-0.39, 0.29) is 12.1 Å². The molecule has 1 aromatic carbocycles. The highest BCUT2D eigenvalue weighted by atomic mass is 35.5. The van der Waals surface area contributed by atoms with Crippen LogP contribution in [-0.2, 0) is 4.74 Å². The number of methoxy groups -OCH3 is 1. The standard InChI is InChI=1S/C14H22ClNO2/c1-5-16-14(10(3)18-6-2)12-9-11(15)7-8-13(12)17-4/h7-10,14,16H,5-6H2,1-4H3. The minimum atomic E-state index is 0.0577. The summed E-state index contributed by atoms with van der Waals surface area (Å²) in [7, 11) is 1.67. The van der Waals surface area contributed by atoms with Gasteiger partial charge in [-0.25, -0.2) is 0 Å². The SMILES string of the molecule is CCNC(c1cc(Cl)ccc1OC)C(C)OCC. The molecule has 18 heavy (non-hydrogen) atoms. The second kappa shape index (κ2) is 7.62. The molecule has 0 saturated carbocycles. The quantitative estimate of drug-likeness (QED) is 0.824. The fourth-order valence-corrected chi connectivity index (χ4v) is 2.24. The van der Waals surface area contributed by atoms with E-state index >= 15 is 0 Å². The van der Waals surface area contributed by atoms with E-state index in [2.05, 4.69) is 19.2 Å². The largest absolute Gasteiger partial charge is 0.496 e. The first-order chi connectivity index (χ1) is 8.63. The third-order valence-electron chi connectivity index (χ3n) is 2.85. The van der Waals surface area contributed by atoms with Gasteiger partial charge in [0.2, 0.25) is 0 Å². The van der Waals surface area contributed by atoms with Gasteiger partial charge in [0.25, 0.3) is 0 Å². The minimum Gasteiger partial charge on any atom is -0.496 e. The Morgan fingerprint density at radius 3 is 2.61 bits per heavy atom. The summed E-state index contributed by atoms with van der Waals surface area (Å²) < 4.78 is 11.1. The molecular formula is C14H22ClNO2. The fourth-order valence-electron chi connectivity index (χ4n) is 2.06. The van der Waals surface area contributed by atoms with E-state index in [9.17, 15) is 0 Å². The molecule has 0 aliphatic carbocycles. The molecule has 0 radical (unpaired) electrons. The van der Waals surface area contributed by atoms with Crippen molar-refractivity contribution in [2.24, 2.45) is 0 Å². The van der Waals surface area contributed by atoms with Crippen molar-refractivity contribution in [3.8, 4) is 5.75 Å². The summed E-state index contributed by atoms with van der Waals surface area (Å²) in [4.78, 5) is 0. The predicted molar refractivity (Wildman–Crippen MR) is 75.5 cm³/mol. The molecule has 1 aromatic rings. The lowest BCUT2D eigenvalue weighted by atomic mass is 10.0. The molecule has 0 heterocycles. The molecule has 0 aromatic heterocycles. The van der Waals surface area contributed by atoms with Crippen LogP contribution in [0.3, 0.4) is 0 Å². The van der Waals surface area contributed by atoms with E-state index in [0.717, 1.165) is 17.9 Å². The first kappa shape index (κ1) is 15.3. The normalized spacial score (nSPS) is 14.3. The lowest BCUT2D eigenvalue weighted by molar-refractivity contribution is 0.0470. The van der Waals surface area contributed by atoms with Gasteiger partial charge in [0.1, 0.15) is 5.75 Å². The molecule has 2 unspecified atom stereocenters. The topological polar surface area (TPSA) is 30.5 Å². The van der Waals surface area contributed by atoms with Crippen molar-refractivity contribution in [3.63, 3.8) is 0 Å². The van der Waals surface area contributed by atoms with Crippen molar-refractivity contribution in [3.05, 3.63) is 28.8 Å². The van der Waals surface area contributed by atoms with Gasteiger partial charge in [-0.2, -0.15) is 0 Å². The molecule has 0 fully saturated rings. The van der Waals surface area contributed by atoms with Gasteiger partial charge in [0.15, 0.2) is 0 Å². The zero-order valence-electron chi connectivity index (χ0n) is 11.5. The lowest BCUT2D eigenvalue weighted by Gasteiger charge is -2.26. The molecule has 0 aliphatic rings. The average molecular weight is 272 g/mol. The number of halogens is 1. The summed E-state index contributed by atoms with van der Waals surface area (Å²) in [6, 6.07) is 5.73. The number of ether oxygens (including phenoxy) is 2. The van der Waals surface area contributed by atoms with Crippen LogP contribution in [0, 0.1) is 0 Å². The van der Waals surface area contributed by atoms with Gasteiger partial charge in [-0.1, -0.05) is 18.5 Å². The molecule has 0 aliphatic heterocycles. The summed E-state index contributed by atoms with van der Waals surface area (Å²) >= 11 is 6.08. The van der Waals surface area contributed by atoms with E-state index in [1.54, 1.807) is 7.11 Å². The molecular weight excluding hydrogens is 250 g/mol. The van der Waals surface area contributed by atoms with E-state index in [0.29, 0.717) is 11.6 Å². The Morgan fingerprint density at radius 1 is 1.33 bits per heavy atom. The lowest BCUT2D eigenvalue weighted by Crippen LogP contribution is -2.32. The Bertz CT molecular complexity index is 371. The molecule has 4 heteroatoms. The molecule has 0 amide bonds. The highest BCUT2D eigenvalue weighted by Gasteiger charge is 2.22. The Hall–Kier alpha value is -0.770. The van der Waals surface area contributed by atoms with E-state index in [4.69, 9.17) is 21.1 Å². The highest BCUT2D eigenvalue weighted by Crippen LogP contribution is 2.31. The molecule has 2 atom stereocenters. The Labute approximate surface area is 114 Å². The second-order valence-electron chi connectivity index (χ2n) is 4.08. The van der Waals surface area contributed by atoms with Gasteiger partial charge >= 0.3 is 0 Å². The van der Waals surface area contributed by atoms with Crippen molar-refractivity contribution in [2.45, 2.75) is 32.9 Å². The number of benzene rings is 1. The van der Waals surface area contributed by atoms with Crippen molar-refractivity contribution in [1.82, 2.24) is 5.32 Å². The third kappa shape index (κ3) is 3.87. The third-order valence-corrected chi connectivity index (χ3v) is 3.08. The smallest absolute Gasteiger partial charge is 0.123 e. The predicted octanol–water partition coefficient (Wildman–Crippen LogP) is 3.42. The molecule has 0 saturated heterocycles. The van der Waals surface area contributed by atoms with Gasteiger partial charge in [0, 0.05) is 17.2 Å². The molecule has 3 nitrogen and oxygen atoms in total. The highest BCUT2D eigenvalue weighted by molar-refractivity contribution is 6.30. The zero-order chi connectivity index (χ0) is 13.5. The number of hydrogen-bond donors (Lipinski definition) is 1. The summed E-state index contributed by atoms with van der Waals surface area (Å²) in [5.74, 6) is 0.830. The van der Waals surface area contributed by atoms with Crippen LogP contribution < -0.4 is 10.1 Å². The van der Waals surface area contributed by atoms with Crippen LogP contribution in [0.2, 0.25) is 5.02 Å². The molecule has 1 N–H and O–H groups in total. The van der Waals surface area contributed by atoms with E-state index in [1.807, 2.05) is 25.1 Å². The van der Waals surface area contributed by atoms with Crippen molar-refractivity contribution in [2.75, 3.05) is 20.3 Å². The maximum absolute atomic E-state index is 6.08. The number of hydrogen-bond acceptors (Lipinski definition) is 3. The summed E-state index contributed by atoms with van der Waals surface area (Å²) in [6.07, 6.45) is 0.0577. The average Bonchev–Trinajstić information content (AvgIpc) is 2.36. The zero-order valence-corrected chi connectivity index (χ0v) is 12.3. The van der Waals surface area contributed by atoms with Crippen molar-refractivity contribution in [1.29, 1.82) is 0 Å². The van der Waals surface area contributed by atoms with Crippen LogP contribution in [-0.4, -0.2) is 26.4 Å².